The molecule has 0 radical (unpaired) electrons. The maximum Gasteiger partial charge on any atom is 0.268 e. The summed E-state index contributed by atoms with van der Waals surface area (Å²) in [4.78, 5) is 0. The first-order valence-electron chi connectivity index (χ1n) is 3.03. The summed E-state index contributed by atoms with van der Waals surface area (Å²) >= 11 is 0. The van der Waals surface area contributed by atoms with Crippen LogP contribution in [-0.2, 0) is 10.1 Å². The molecular formula is C6H12O3S. The Morgan fingerprint density at radius 1 is 1.50 bits per heavy atom. The van der Waals surface area contributed by atoms with E-state index in [1.54, 1.807) is 6.08 Å². The highest BCUT2D eigenvalue weighted by Crippen LogP contribution is 1.94. The molecule has 1 N–H and O–H groups in total. The van der Waals surface area contributed by atoms with Gasteiger partial charge in [0, 0.05) is 0 Å². The van der Waals surface area contributed by atoms with Gasteiger partial charge in [-0.05, 0) is 5.92 Å². The molecule has 3 nitrogen and oxygen atoms in total. The number of rotatable bonds is 3. The van der Waals surface area contributed by atoms with Crippen molar-refractivity contribution in [3.63, 3.8) is 0 Å². The second-order valence-corrected chi connectivity index (χ2v) is 3.92. The van der Waals surface area contributed by atoms with Crippen LogP contribution >= 0.6 is 0 Å². The Kier molecular flexibility index (Phi) is 3.60. The Morgan fingerprint density at radius 2 is 2.00 bits per heavy atom. The van der Waals surface area contributed by atoms with Gasteiger partial charge in [0.1, 0.15) is 0 Å². The molecule has 0 saturated carbocycles. The van der Waals surface area contributed by atoms with Crippen molar-refractivity contribution in [2.75, 3.05) is 5.75 Å². The quantitative estimate of drug-likeness (QED) is 0.501. The summed E-state index contributed by atoms with van der Waals surface area (Å²) in [5.74, 6) is 0.0345. The van der Waals surface area contributed by atoms with Crippen molar-refractivity contribution in [2.24, 2.45) is 5.92 Å². The standard InChI is InChI=1S/C6H12O3S/c1-6(2)4-3-5-10(7,8)9/h3-4,6H,5H2,1-2H3,(H,7,8,9). The van der Waals surface area contributed by atoms with Gasteiger partial charge in [-0.15, -0.1) is 0 Å². The Labute approximate surface area is 61.5 Å². The van der Waals surface area contributed by atoms with E-state index in [0.29, 0.717) is 5.92 Å². The molecule has 0 rings (SSSR count). The maximum absolute atomic E-state index is 10.1. The van der Waals surface area contributed by atoms with E-state index in [9.17, 15) is 8.42 Å². The van der Waals surface area contributed by atoms with Crippen molar-refractivity contribution in [1.82, 2.24) is 0 Å². The van der Waals surface area contributed by atoms with Gasteiger partial charge in [0.15, 0.2) is 0 Å². The molecule has 0 amide bonds. The lowest BCUT2D eigenvalue weighted by Crippen LogP contribution is -2.00. The highest BCUT2D eigenvalue weighted by atomic mass is 32.2. The van der Waals surface area contributed by atoms with Crippen LogP contribution in [0.15, 0.2) is 12.2 Å². The van der Waals surface area contributed by atoms with Crippen molar-refractivity contribution in [3.05, 3.63) is 12.2 Å². The summed E-state index contributed by atoms with van der Waals surface area (Å²) in [6.45, 7) is 3.86. The fraction of sp³-hybridized carbons (Fsp3) is 0.667. The first kappa shape index (κ1) is 9.65. The normalized spacial score (nSPS) is 13.2. The molecule has 0 saturated heterocycles. The van der Waals surface area contributed by atoms with Crippen LogP contribution in [0.5, 0.6) is 0 Å². The zero-order valence-electron chi connectivity index (χ0n) is 6.11. The van der Waals surface area contributed by atoms with Crippen molar-refractivity contribution in [1.29, 1.82) is 0 Å². The SMILES string of the molecule is CC(C)C=CCS(=O)(=O)O. The third-order valence-corrected chi connectivity index (χ3v) is 1.44. The van der Waals surface area contributed by atoms with Crippen LogP contribution in [0.2, 0.25) is 0 Å². The highest BCUT2D eigenvalue weighted by molar-refractivity contribution is 7.85. The third kappa shape index (κ3) is 7.65. The van der Waals surface area contributed by atoms with E-state index in [1.165, 1.54) is 6.08 Å². The molecule has 0 aliphatic heterocycles. The van der Waals surface area contributed by atoms with Gasteiger partial charge in [-0.25, -0.2) is 0 Å². The first-order valence-corrected chi connectivity index (χ1v) is 4.64. The van der Waals surface area contributed by atoms with Crippen LogP contribution in [-0.4, -0.2) is 18.7 Å². The zero-order chi connectivity index (χ0) is 8.20. The Morgan fingerprint density at radius 3 is 2.30 bits per heavy atom. The summed E-state index contributed by atoms with van der Waals surface area (Å²) in [5, 5.41) is 0. The molecule has 0 aliphatic rings. The van der Waals surface area contributed by atoms with E-state index >= 15 is 0 Å². The molecule has 0 unspecified atom stereocenters. The minimum absolute atomic E-state index is 0.287. The van der Waals surface area contributed by atoms with Crippen molar-refractivity contribution < 1.29 is 13.0 Å². The molecule has 10 heavy (non-hydrogen) atoms. The van der Waals surface area contributed by atoms with Crippen LogP contribution in [0.4, 0.5) is 0 Å². The Hall–Kier alpha value is -0.350. The third-order valence-electron chi connectivity index (χ3n) is 0.828. The number of allylic oxidation sites excluding steroid dienone is 1. The summed E-state index contributed by atoms with van der Waals surface area (Å²) in [6, 6.07) is 0. The van der Waals surface area contributed by atoms with Gasteiger partial charge in [-0.2, -0.15) is 8.42 Å². The molecule has 0 aromatic rings. The molecule has 0 heterocycles. The van der Waals surface area contributed by atoms with Crippen LogP contribution in [0, 0.1) is 5.92 Å². The predicted octanol–water partition coefficient (Wildman–Crippen LogP) is 1.09. The van der Waals surface area contributed by atoms with Gasteiger partial charge in [0.25, 0.3) is 10.1 Å². The Bertz CT molecular complexity index is 201. The molecule has 4 heteroatoms. The van der Waals surface area contributed by atoms with Crippen molar-refractivity contribution in [3.8, 4) is 0 Å². The van der Waals surface area contributed by atoms with Gasteiger partial charge in [-0.3, -0.25) is 4.55 Å². The monoisotopic (exact) mass is 164 g/mol. The predicted molar refractivity (Wildman–Crippen MR) is 40.4 cm³/mol. The van der Waals surface area contributed by atoms with Crippen LogP contribution in [0.3, 0.4) is 0 Å². The van der Waals surface area contributed by atoms with Gasteiger partial charge >= 0.3 is 0 Å². The molecule has 0 aromatic carbocycles. The zero-order valence-corrected chi connectivity index (χ0v) is 6.93. The molecule has 0 aromatic heterocycles. The van der Waals surface area contributed by atoms with Crippen LogP contribution < -0.4 is 0 Å². The second-order valence-electron chi connectivity index (χ2n) is 2.42. The minimum atomic E-state index is -3.81. The Balaban J connectivity index is 3.77. The smallest absolute Gasteiger partial charge is 0.268 e. The molecule has 0 spiro atoms. The van der Waals surface area contributed by atoms with Gasteiger partial charge < -0.3 is 0 Å². The topological polar surface area (TPSA) is 54.4 Å². The average Bonchev–Trinajstić information content (AvgIpc) is 1.59. The molecular weight excluding hydrogens is 152 g/mol. The fourth-order valence-corrected chi connectivity index (χ4v) is 0.804. The minimum Gasteiger partial charge on any atom is -0.285 e. The second kappa shape index (κ2) is 3.73. The molecule has 0 aliphatic carbocycles. The molecule has 0 bridgehead atoms. The first-order chi connectivity index (χ1) is 4.42. The lowest BCUT2D eigenvalue weighted by atomic mass is 10.2. The molecule has 60 valence electrons. The number of hydrogen-bond donors (Lipinski definition) is 1. The highest BCUT2D eigenvalue weighted by Gasteiger charge is 1.98. The molecule has 0 atom stereocenters. The van der Waals surface area contributed by atoms with E-state index in [0.717, 1.165) is 0 Å². The van der Waals surface area contributed by atoms with Crippen molar-refractivity contribution in [2.45, 2.75) is 13.8 Å². The summed E-state index contributed by atoms with van der Waals surface area (Å²) in [5.41, 5.74) is 0. The van der Waals surface area contributed by atoms with Gasteiger partial charge in [0.05, 0.1) is 5.75 Å². The number of hydrogen-bond acceptors (Lipinski definition) is 2. The van der Waals surface area contributed by atoms with Crippen molar-refractivity contribution >= 4 is 10.1 Å². The van der Waals surface area contributed by atoms with Gasteiger partial charge in [0.2, 0.25) is 0 Å². The van der Waals surface area contributed by atoms with E-state index < -0.39 is 10.1 Å². The van der Waals surface area contributed by atoms with E-state index in [-0.39, 0.29) is 5.75 Å². The van der Waals surface area contributed by atoms with E-state index in [4.69, 9.17) is 4.55 Å². The van der Waals surface area contributed by atoms with Gasteiger partial charge in [-0.1, -0.05) is 26.0 Å². The summed E-state index contributed by atoms with van der Waals surface area (Å²) in [7, 11) is -3.81. The fourth-order valence-electron chi connectivity index (χ4n) is 0.449. The summed E-state index contributed by atoms with van der Waals surface area (Å²) < 4.78 is 28.5. The van der Waals surface area contributed by atoms with Crippen LogP contribution in [0.25, 0.3) is 0 Å². The average molecular weight is 164 g/mol. The maximum atomic E-state index is 10.1. The van der Waals surface area contributed by atoms with E-state index in [2.05, 4.69) is 0 Å². The lowest BCUT2D eigenvalue weighted by molar-refractivity contribution is 0.486. The molecule has 0 fully saturated rings. The largest absolute Gasteiger partial charge is 0.285 e. The van der Waals surface area contributed by atoms with Crippen LogP contribution in [0.1, 0.15) is 13.8 Å². The summed E-state index contributed by atoms with van der Waals surface area (Å²) in [6.07, 6.45) is 3.17. The van der Waals surface area contributed by atoms with E-state index in [1.807, 2.05) is 13.8 Å². The lowest BCUT2D eigenvalue weighted by Gasteiger charge is -1.91.